The maximum absolute atomic E-state index is 5.85. The molecule has 1 N–H and O–H groups in total. The van der Waals surface area contributed by atoms with Crippen LogP contribution in [0, 0.1) is 5.41 Å². The Morgan fingerprint density at radius 1 is 1.29 bits per heavy atom. The zero-order chi connectivity index (χ0) is 10.0. The van der Waals surface area contributed by atoms with Crippen LogP contribution in [-0.2, 0) is 6.42 Å². The van der Waals surface area contributed by atoms with Crippen LogP contribution >= 0.6 is 11.6 Å². The average Bonchev–Trinajstić information content (AvgIpc) is 2.90. The molecule has 1 saturated carbocycles. The van der Waals surface area contributed by atoms with Gasteiger partial charge in [-0.25, -0.2) is 0 Å². The number of hydrogen-bond acceptors (Lipinski definition) is 1. The molecule has 1 aromatic carbocycles. The van der Waals surface area contributed by atoms with E-state index in [-0.39, 0.29) is 0 Å². The first-order valence-electron chi connectivity index (χ1n) is 5.13. The van der Waals surface area contributed by atoms with Gasteiger partial charge < -0.3 is 5.32 Å². The third-order valence-electron chi connectivity index (χ3n) is 3.00. The molecule has 1 nitrogen and oxygen atoms in total. The zero-order valence-electron chi connectivity index (χ0n) is 8.52. The molecule has 0 aliphatic heterocycles. The fourth-order valence-corrected chi connectivity index (χ4v) is 2.13. The van der Waals surface area contributed by atoms with Gasteiger partial charge in [-0.2, -0.15) is 0 Å². The molecule has 0 saturated heterocycles. The van der Waals surface area contributed by atoms with Gasteiger partial charge in [-0.1, -0.05) is 23.7 Å². The topological polar surface area (TPSA) is 12.0 Å². The van der Waals surface area contributed by atoms with Crippen molar-refractivity contribution in [2.75, 3.05) is 13.6 Å². The summed E-state index contributed by atoms with van der Waals surface area (Å²) in [6, 6.07) is 8.23. The van der Waals surface area contributed by atoms with Crippen molar-refractivity contribution in [2.45, 2.75) is 19.3 Å². The van der Waals surface area contributed by atoms with Crippen molar-refractivity contribution in [3.05, 3.63) is 34.9 Å². The quantitative estimate of drug-likeness (QED) is 0.804. The van der Waals surface area contributed by atoms with E-state index >= 15 is 0 Å². The molecule has 14 heavy (non-hydrogen) atoms. The third kappa shape index (κ3) is 2.28. The maximum atomic E-state index is 5.85. The molecule has 0 amide bonds. The highest BCUT2D eigenvalue weighted by Crippen LogP contribution is 2.47. The predicted molar refractivity (Wildman–Crippen MR) is 60.7 cm³/mol. The number of benzene rings is 1. The summed E-state index contributed by atoms with van der Waals surface area (Å²) in [6.45, 7) is 1.13. The minimum atomic E-state index is 0.544. The lowest BCUT2D eigenvalue weighted by Gasteiger charge is -2.14. The molecular formula is C12H16ClN. The van der Waals surface area contributed by atoms with E-state index in [9.17, 15) is 0 Å². The van der Waals surface area contributed by atoms with Gasteiger partial charge in [0.25, 0.3) is 0 Å². The summed E-state index contributed by atoms with van der Waals surface area (Å²) in [5.41, 5.74) is 1.95. The lowest BCUT2D eigenvalue weighted by atomic mass is 9.96. The Hall–Kier alpha value is -0.530. The summed E-state index contributed by atoms with van der Waals surface area (Å²) in [4.78, 5) is 0. The number of rotatable bonds is 4. The van der Waals surface area contributed by atoms with Crippen LogP contribution in [0.4, 0.5) is 0 Å². The van der Waals surface area contributed by atoms with Crippen molar-refractivity contribution < 1.29 is 0 Å². The summed E-state index contributed by atoms with van der Waals surface area (Å²) in [6.07, 6.45) is 3.90. The Morgan fingerprint density at radius 2 is 1.93 bits per heavy atom. The van der Waals surface area contributed by atoms with Gasteiger partial charge in [0.1, 0.15) is 0 Å². The van der Waals surface area contributed by atoms with Crippen LogP contribution in [0.15, 0.2) is 24.3 Å². The fourth-order valence-electron chi connectivity index (χ4n) is 2.00. The van der Waals surface area contributed by atoms with Crippen molar-refractivity contribution >= 4 is 11.6 Å². The van der Waals surface area contributed by atoms with E-state index in [1.54, 1.807) is 0 Å². The lowest BCUT2D eigenvalue weighted by Crippen LogP contribution is -2.21. The molecule has 0 spiro atoms. The number of halogens is 1. The van der Waals surface area contributed by atoms with Crippen LogP contribution in [0.3, 0.4) is 0 Å². The SMILES string of the molecule is CNCC1(Cc2ccc(Cl)cc2)CC1. The predicted octanol–water partition coefficient (Wildman–Crippen LogP) is 2.88. The van der Waals surface area contributed by atoms with Gasteiger partial charge in [-0.15, -0.1) is 0 Å². The highest BCUT2D eigenvalue weighted by Gasteiger charge is 2.41. The maximum Gasteiger partial charge on any atom is 0.0406 e. The summed E-state index contributed by atoms with van der Waals surface area (Å²) in [7, 11) is 2.03. The van der Waals surface area contributed by atoms with E-state index in [1.165, 1.54) is 24.8 Å². The number of hydrogen-bond donors (Lipinski definition) is 1. The molecule has 76 valence electrons. The molecule has 0 radical (unpaired) electrons. The Kier molecular flexibility index (Phi) is 2.80. The van der Waals surface area contributed by atoms with E-state index in [0.717, 1.165) is 11.6 Å². The fraction of sp³-hybridized carbons (Fsp3) is 0.500. The summed E-state index contributed by atoms with van der Waals surface area (Å²) >= 11 is 5.85. The zero-order valence-corrected chi connectivity index (χ0v) is 9.27. The van der Waals surface area contributed by atoms with Crippen molar-refractivity contribution in [2.24, 2.45) is 5.41 Å². The Labute approximate surface area is 90.5 Å². The monoisotopic (exact) mass is 209 g/mol. The molecule has 1 fully saturated rings. The lowest BCUT2D eigenvalue weighted by molar-refractivity contribution is 0.478. The smallest absolute Gasteiger partial charge is 0.0406 e. The molecule has 1 aliphatic carbocycles. The van der Waals surface area contributed by atoms with Crippen LogP contribution in [-0.4, -0.2) is 13.6 Å². The van der Waals surface area contributed by atoms with Crippen molar-refractivity contribution in [3.8, 4) is 0 Å². The summed E-state index contributed by atoms with van der Waals surface area (Å²) < 4.78 is 0. The van der Waals surface area contributed by atoms with Gasteiger partial charge in [0.05, 0.1) is 0 Å². The first-order valence-corrected chi connectivity index (χ1v) is 5.51. The van der Waals surface area contributed by atoms with Crippen LogP contribution in [0.1, 0.15) is 18.4 Å². The standard InChI is InChI=1S/C12H16ClN/c1-14-9-12(6-7-12)8-10-2-4-11(13)5-3-10/h2-5,14H,6-9H2,1H3. The van der Waals surface area contributed by atoms with E-state index in [1.807, 2.05) is 19.2 Å². The number of nitrogens with one attached hydrogen (secondary N) is 1. The molecule has 1 aliphatic rings. The van der Waals surface area contributed by atoms with E-state index in [4.69, 9.17) is 11.6 Å². The normalized spacial score (nSPS) is 18.1. The average molecular weight is 210 g/mol. The van der Waals surface area contributed by atoms with Crippen molar-refractivity contribution in [3.63, 3.8) is 0 Å². The molecule has 0 atom stereocenters. The van der Waals surface area contributed by atoms with Gasteiger partial charge in [0.15, 0.2) is 0 Å². The first kappa shape index (κ1) is 10.0. The molecule has 2 heteroatoms. The second-order valence-corrected chi connectivity index (χ2v) is 4.77. The molecule has 1 aromatic rings. The first-order chi connectivity index (χ1) is 6.74. The van der Waals surface area contributed by atoms with Crippen LogP contribution in [0.2, 0.25) is 5.02 Å². The van der Waals surface area contributed by atoms with Gasteiger partial charge in [0, 0.05) is 11.6 Å². The van der Waals surface area contributed by atoms with Gasteiger partial charge in [-0.3, -0.25) is 0 Å². The molecular weight excluding hydrogens is 194 g/mol. The van der Waals surface area contributed by atoms with Crippen LogP contribution in [0.25, 0.3) is 0 Å². The second kappa shape index (κ2) is 3.92. The minimum Gasteiger partial charge on any atom is -0.319 e. The van der Waals surface area contributed by atoms with Crippen LogP contribution < -0.4 is 5.32 Å². The van der Waals surface area contributed by atoms with Gasteiger partial charge in [-0.05, 0) is 49.4 Å². The van der Waals surface area contributed by atoms with Crippen LogP contribution in [0.5, 0.6) is 0 Å². The van der Waals surface area contributed by atoms with E-state index in [0.29, 0.717) is 5.41 Å². The summed E-state index contributed by atoms with van der Waals surface area (Å²) in [5.74, 6) is 0. The minimum absolute atomic E-state index is 0.544. The Morgan fingerprint density at radius 3 is 2.43 bits per heavy atom. The highest BCUT2D eigenvalue weighted by atomic mass is 35.5. The largest absolute Gasteiger partial charge is 0.319 e. The molecule has 0 aromatic heterocycles. The Bertz CT molecular complexity index is 301. The highest BCUT2D eigenvalue weighted by molar-refractivity contribution is 6.30. The summed E-state index contributed by atoms with van der Waals surface area (Å²) in [5, 5.41) is 4.10. The van der Waals surface area contributed by atoms with Gasteiger partial charge >= 0.3 is 0 Å². The molecule has 0 heterocycles. The molecule has 0 bridgehead atoms. The van der Waals surface area contributed by atoms with Gasteiger partial charge in [0.2, 0.25) is 0 Å². The molecule has 2 rings (SSSR count). The van der Waals surface area contributed by atoms with Crippen molar-refractivity contribution in [1.29, 1.82) is 0 Å². The van der Waals surface area contributed by atoms with E-state index in [2.05, 4.69) is 17.4 Å². The van der Waals surface area contributed by atoms with Crippen molar-refractivity contribution in [1.82, 2.24) is 5.32 Å². The molecule has 0 unspecified atom stereocenters. The third-order valence-corrected chi connectivity index (χ3v) is 3.25. The van der Waals surface area contributed by atoms with E-state index < -0.39 is 0 Å². The second-order valence-electron chi connectivity index (χ2n) is 4.33. The Balaban J connectivity index is 2.00.